The predicted molar refractivity (Wildman–Crippen MR) is 42.0 cm³/mol. The van der Waals surface area contributed by atoms with Gasteiger partial charge in [0.15, 0.2) is 6.10 Å². The summed E-state index contributed by atoms with van der Waals surface area (Å²) in [6.07, 6.45) is -1.29. The number of halogens is 2. The molecule has 0 saturated heterocycles. The van der Waals surface area contributed by atoms with Crippen molar-refractivity contribution in [2.45, 2.75) is 6.10 Å². The molecular weight excluding hydrogens is 181 g/mol. The molecule has 62 valence electrons. The second-order valence-electron chi connectivity index (χ2n) is 2.21. The van der Waals surface area contributed by atoms with Crippen LogP contribution in [0.4, 0.5) is 4.39 Å². The predicted octanol–water partition coefficient (Wildman–Crippen LogP) is 2.04. The standard InChI is InChI=1S/C8H5ClFNO/c9-6-2-1-5(3-7(6)10)8(12)4-11/h1-3,8,12H/t8-/m1/s1. The van der Waals surface area contributed by atoms with E-state index >= 15 is 0 Å². The van der Waals surface area contributed by atoms with E-state index in [9.17, 15) is 4.39 Å². The molecule has 1 aromatic carbocycles. The highest BCUT2D eigenvalue weighted by molar-refractivity contribution is 6.30. The Bertz CT molecular complexity index is 334. The van der Waals surface area contributed by atoms with Crippen molar-refractivity contribution in [1.82, 2.24) is 0 Å². The van der Waals surface area contributed by atoms with Gasteiger partial charge < -0.3 is 5.11 Å². The van der Waals surface area contributed by atoms with Gasteiger partial charge in [-0.3, -0.25) is 0 Å². The Balaban J connectivity index is 3.06. The topological polar surface area (TPSA) is 44.0 Å². The fourth-order valence-corrected chi connectivity index (χ4v) is 0.875. The van der Waals surface area contributed by atoms with Gasteiger partial charge in [-0.15, -0.1) is 0 Å². The second kappa shape index (κ2) is 3.53. The van der Waals surface area contributed by atoms with Crippen LogP contribution in [0.1, 0.15) is 11.7 Å². The number of aliphatic hydroxyl groups is 1. The van der Waals surface area contributed by atoms with Crippen molar-refractivity contribution < 1.29 is 9.50 Å². The van der Waals surface area contributed by atoms with Gasteiger partial charge in [-0.05, 0) is 17.7 Å². The SMILES string of the molecule is N#C[C@@H](O)c1ccc(Cl)c(F)c1. The first-order valence-corrected chi connectivity index (χ1v) is 3.55. The molecule has 0 fully saturated rings. The Kier molecular flexibility index (Phi) is 2.64. The zero-order chi connectivity index (χ0) is 9.14. The summed E-state index contributed by atoms with van der Waals surface area (Å²) in [6, 6.07) is 5.31. The second-order valence-corrected chi connectivity index (χ2v) is 2.61. The van der Waals surface area contributed by atoms with Crippen molar-refractivity contribution in [3.63, 3.8) is 0 Å². The van der Waals surface area contributed by atoms with E-state index in [1.165, 1.54) is 12.1 Å². The van der Waals surface area contributed by atoms with Crippen LogP contribution in [-0.2, 0) is 0 Å². The Morgan fingerprint density at radius 3 is 2.75 bits per heavy atom. The van der Waals surface area contributed by atoms with Gasteiger partial charge in [-0.25, -0.2) is 4.39 Å². The lowest BCUT2D eigenvalue weighted by molar-refractivity contribution is 0.235. The molecule has 0 aromatic heterocycles. The molecule has 0 aliphatic heterocycles. The van der Waals surface area contributed by atoms with Crippen LogP contribution in [0.2, 0.25) is 5.02 Å². The van der Waals surface area contributed by atoms with Crippen LogP contribution in [0.3, 0.4) is 0 Å². The smallest absolute Gasteiger partial charge is 0.166 e. The molecule has 4 heteroatoms. The van der Waals surface area contributed by atoms with Crippen molar-refractivity contribution in [2.24, 2.45) is 0 Å². The lowest BCUT2D eigenvalue weighted by Gasteiger charge is -2.01. The molecule has 0 spiro atoms. The first kappa shape index (κ1) is 8.98. The van der Waals surface area contributed by atoms with Gasteiger partial charge >= 0.3 is 0 Å². The van der Waals surface area contributed by atoms with Gasteiger partial charge in [-0.2, -0.15) is 5.26 Å². The van der Waals surface area contributed by atoms with Gasteiger partial charge in [0, 0.05) is 0 Å². The summed E-state index contributed by atoms with van der Waals surface area (Å²) in [5.41, 5.74) is 0.208. The molecule has 1 N–H and O–H groups in total. The molecule has 1 atom stereocenters. The fraction of sp³-hybridized carbons (Fsp3) is 0.125. The Hall–Kier alpha value is -1.11. The van der Waals surface area contributed by atoms with E-state index in [2.05, 4.69) is 0 Å². The summed E-state index contributed by atoms with van der Waals surface area (Å²) in [6.45, 7) is 0. The molecule has 0 saturated carbocycles. The number of hydrogen-bond acceptors (Lipinski definition) is 2. The van der Waals surface area contributed by atoms with Gasteiger partial charge in [0.2, 0.25) is 0 Å². The molecule has 0 heterocycles. The zero-order valence-corrected chi connectivity index (χ0v) is 6.72. The molecule has 0 radical (unpaired) electrons. The van der Waals surface area contributed by atoms with Crippen molar-refractivity contribution in [2.75, 3.05) is 0 Å². The third kappa shape index (κ3) is 1.73. The molecule has 0 unspecified atom stereocenters. The maximum Gasteiger partial charge on any atom is 0.166 e. The monoisotopic (exact) mass is 185 g/mol. The van der Waals surface area contributed by atoms with Gasteiger partial charge in [0.1, 0.15) is 5.82 Å². The van der Waals surface area contributed by atoms with Crippen LogP contribution in [0.25, 0.3) is 0 Å². The van der Waals surface area contributed by atoms with E-state index in [0.717, 1.165) is 6.07 Å². The minimum absolute atomic E-state index is 0.0242. The van der Waals surface area contributed by atoms with Crippen LogP contribution in [0.5, 0.6) is 0 Å². The van der Waals surface area contributed by atoms with E-state index in [0.29, 0.717) is 0 Å². The van der Waals surface area contributed by atoms with Crippen molar-refractivity contribution in [3.8, 4) is 6.07 Å². The number of rotatable bonds is 1. The summed E-state index contributed by atoms with van der Waals surface area (Å²) < 4.78 is 12.7. The Morgan fingerprint density at radius 2 is 2.25 bits per heavy atom. The first-order valence-electron chi connectivity index (χ1n) is 3.18. The minimum Gasteiger partial charge on any atom is -0.374 e. The maximum absolute atomic E-state index is 12.7. The number of nitriles is 1. The average molecular weight is 186 g/mol. The third-order valence-corrected chi connectivity index (χ3v) is 1.69. The molecule has 12 heavy (non-hydrogen) atoms. The van der Waals surface area contributed by atoms with Gasteiger partial charge in [-0.1, -0.05) is 17.7 Å². The van der Waals surface area contributed by atoms with E-state index in [1.807, 2.05) is 0 Å². The van der Waals surface area contributed by atoms with E-state index < -0.39 is 11.9 Å². The summed E-state index contributed by atoms with van der Waals surface area (Å²) in [5.74, 6) is -0.636. The zero-order valence-electron chi connectivity index (χ0n) is 5.96. The van der Waals surface area contributed by atoms with E-state index in [1.54, 1.807) is 6.07 Å². The lowest BCUT2D eigenvalue weighted by atomic mass is 10.1. The fourth-order valence-electron chi connectivity index (χ4n) is 0.757. The minimum atomic E-state index is -1.29. The van der Waals surface area contributed by atoms with Crippen LogP contribution in [0.15, 0.2) is 18.2 Å². The van der Waals surface area contributed by atoms with Crippen LogP contribution < -0.4 is 0 Å². The normalized spacial score (nSPS) is 12.2. The van der Waals surface area contributed by atoms with Crippen LogP contribution >= 0.6 is 11.6 Å². The number of nitrogens with zero attached hydrogens (tertiary/aromatic N) is 1. The Morgan fingerprint density at radius 1 is 1.58 bits per heavy atom. The highest BCUT2D eigenvalue weighted by Gasteiger charge is 2.07. The molecule has 2 nitrogen and oxygen atoms in total. The summed E-state index contributed by atoms with van der Waals surface area (Å²) >= 11 is 5.39. The molecule has 1 aromatic rings. The third-order valence-electron chi connectivity index (χ3n) is 1.38. The summed E-state index contributed by atoms with van der Waals surface area (Å²) in [4.78, 5) is 0. The van der Waals surface area contributed by atoms with Crippen molar-refractivity contribution >= 4 is 11.6 Å². The summed E-state index contributed by atoms with van der Waals surface area (Å²) in [7, 11) is 0. The molecule has 1 rings (SSSR count). The molecular formula is C8H5ClFNO. The molecule has 0 amide bonds. The van der Waals surface area contributed by atoms with Crippen molar-refractivity contribution in [1.29, 1.82) is 5.26 Å². The van der Waals surface area contributed by atoms with E-state index in [4.69, 9.17) is 22.0 Å². The molecule has 0 bridgehead atoms. The maximum atomic E-state index is 12.7. The average Bonchev–Trinajstić information content (AvgIpc) is 2.08. The highest BCUT2D eigenvalue weighted by Crippen LogP contribution is 2.19. The number of benzene rings is 1. The number of hydrogen-bond donors (Lipinski definition) is 1. The van der Waals surface area contributed by atoms with Crippen LogP contribution in [0, 0.1) is 17.1 Å². The van der Waals surface area contributed by atoms with Gasteiger partial charge in [0.05, 0.1) is 11.1 Å². The number of aliphatic hydroxyl groups excluding tert-OH is 1. The highest BCUT2D eigenvalue weighted by atomic mass is 35.5. The quantitative estimate of drug-likeness (QED) is 0.681. The van der Waals surface area contributed by atoms with Crippen molar-refractivity contribution in [3.05, 3.63) is 34.6 Å². The van der Waals surface area contributed by atoms with E-state index in [-0.39, 0.29) is 10.6 Å². The van der Waals surface area contributed by atoms with Gasteiger partial charge in [0.25, 0.3) is 0 Å². The molecule has 0 aliphatic rings. The first-order chi connectivity index (χ1) is 5.65. The lowest BCUT2D eigenvalue weighted by Crippen LogP contribution is -1.93. The van der Waals surface area contributed by atoms with Crippen LogP contribution in [-0.4, -0.2) is 5.11 Å². The summed E-state index contributed by atoms with van der Waals surface area (Å²) in [5, 5.41) is 17.2. The largest absolute Gasteiger partial charge is 0.374 e. The molecule has 0 aliphatic carbocycles. The Labute approximate surface area is 73.8 Å².